The van der Waals surface area contributed by atoms with Gasteiger partial charge in [-0.3, -0.25) is 4.79 Å². The van der Waals surface area contributed by atoms with E-state index in [1.807, 2.05) is 31.2 Å². The largest absolute Gasteiger partial charge is 0.492 e. The molecule has 0 saturated carbocycles. The van der Waals surface area contributed by atoms with Gasteiger partial charge in [-0.15, -0.1) is 0 Å². The van der Waals surface area contributed by atoms with Crippen LogP contribution in [-0.2, 0) is 0 Å². The number of anilines is 2. The first-order chi connectivity index (χ1) is 9.60. The molecular formula is C15H15BrN2O2. The van der Waals surface area contributed by atoms with Crippen molar-refractivity contribution in [3.63, 3.8) is 0 Å². The lowest BCUT2D eigenvalue weighted by Crippen LogP contribution is -2.12. The van der Waals surface area contributed by atoms with E-state index < -0.39 is 0 Å². The number of amides is 1. The molecule has 0 bridgehead atoms. The van der Waals surface area contributed by atoms with Gasteiger partial charge in [0, 0.05) is 15.7 Å². The molecule has 0 unspecified atom stereocenters. The standard InChI is InChI=1S/C15H15BrN2O2/c1-2-20-14-8-3-10(9-13(14)17)15(19)18-12-6-4-11(16)5-7-12/h3-9H,2,17H2,1H3,(H,18,19). The van der Waals surface area contributed by atoms with Gasteiger partial charge in [-0.1, -0.05) is 15.9 Å². The first-order valence-electron chi connectivity index (χ1n) is 6.19. The lowest BCUT2D eigenvalue weighted by molar-refractivity contribution is 0.102. The first-order valence-corrected chi connectivity index (χ1v) is 6.98. The molecule has 0 spiro atoms. The van der Waals surface area contributed by atoms with E-state index >= 15 is 0 Å². The number of nitrogens with one attached hydrogen (secondary N) is 1. The van der Waals surface area contributed by atoms with E-state index in [2.05, 4.69) is 21.2 Å². The lowest BCUT2D eigenvalue weighted by atomic mass is 10.1. The summed E-state index contributed by atoms with van der Waals surface area (Å²) in [7, 11) is 0. The van der Waals surface area contributed by atoms with Crippen LogP contribution in [0.3, 0.4) is 0 Å². The molecule has 0 radical (unpaired) electrons. The number of halogens is 1. The molecule has 1 amide bonds. The molecule has 0 saturated heterocycles. The molecule has 2 aromatic carbocycles. The van der Waals surface area contributed by atoms with Crippen LogP contribution in [0.5, 0.6) is 5.75 Å². The highest BCUT2D eigenvalue weighted by atomic mass is 79.9. The van der Waals surface area contributed by atoms with Crippen LogP contribution < -0.4 is 15.8 Å². The molecule has 0 atom stereocenters. The zero-order chi connectivity index (χ0) is 14.5. The van der Waals surface area contributed by atoms with Gasteiger partial charge in [0.15, 0.2) is 0 Å². The van der Waals surface area contributed by atoms with Crippen LogP contribution in [0.25, 0.3) is 0 Å². The summed E-state index contributed by atoms with van der Waals surface area (Å²) in [4.78, 5) is 12.1. The second kappa shape index (κ2) is 6.43. The number of carbonyl (C=O) groups excluding carboxylic acids is 1. The van der Waals surface area contributed by atoms with E-state index in [4.69, 9.17) is 10.5 Å². The van der Waals surface area contributed by atoms with E-state index in [0.717, 1.165) is 10.2 Å². The fraction of sp³-hybridized carbons (Fsp3) is 0.133. The van der Waals surface area contributed by atoms with Crippen LogP contribution in [-0.4, -0.2) is 12.5 Å². The lowest BCUT2D eigenvalue weighted by Gasteiger charge is -2.09. The summed E-state index contributed by atoms with van der Waals surface area (Å²) >= 11 is 3.35. The topological polar surface area (TPSA) is 64.3 Å². The molecule has 0 aromatic heterocycles. The third-order valence-electron chi connectivity index (χ3n) is 2.67. The molecule has 2 aromatic rings. The Hall–Kier alpha value is -2.01. The second-order valence-electron chi connectivity index (χ2n) is 4.15. The molecule has 0 aliphatic rings. The summed E-state index contributed by atoms with van der Waals surface area (Å²) in [5.41, 5.74) is 7.52. The highest BCUT2D eigenvalue weighted by Crippen LogP contribution is 2.23. The number of carbonyl (C=O) groups is 1. The molecule has 20 heavy (non-hydrogen) atoms. The van der Waals surface area contributed by atoms with Crippen molar-refractivity contribution in [3.05, 3.63) is 52.5 Å². The zero-order valence-electron chi connectivity index (χ0n) is 11.0. The predicted octanol–water partition coefficient (Wildman–Crippen LogP) is 3.68. The fourth-order valence-corrected chi connectivity index (χ4v) is 1.98. The third kappa shape index (κ3) is 3.51. The van der Waals surface area contributed by atoms with E-state index in [-0.39, 0.29) is 5.91 Å². The van der Waals surface area contributed by atoms with Crippen molar-refractivity contribution in [1.29, 1.82) is 0 Å². The summed E-state index contributed by atoms with van der Waals surface area (Å²) in [5.74, 6) is 0.384. The van der Waals surface area contributed by atoms with Gasteiger partial charge in [-0.05, 0) is 49.4 Å². The van der Waals surface area contributed by atoms with Crippen molar-refractivity contribution in [2.45, 2.75) is 6.92 Å². The minimum atomic E-state index is -0.206. The van der Waals surface area contributed by atoms with Crippen LogP contribution >= 0.6 is 15.9 Å². The number of hydrogen-bond donors (Lipinski definition) is 2. The van der Waals surface area contributed by atoms with Crippen molar-refractivity contribution >= 4 is 33.2 Å². The quantitative estimate of drug-likeness (QED) is 0.838. The van der Waals surface area contributed by atoms with Crippen LogP contribution in [0.2, 0.25) is 0 Å². The molecule has 2 rings (SSSR count). The van der Waals surface area contributed by atoms with Crippen molar-refractivity contribution in [2.75, 3.05) is 17.7 Å². The van der Waals surface area contributed by atoms with Gasteiger partial charge in [-0.2, -0.15) is 0 Å². The summed E-state index contributed by atoms with van der Waals surface area (Å²) in [6, 6.07) is 12.4. The normalized spacial score (nSPS) is 10.1. The van der Waals surface area contributed by atoms with Crippen molar-refractivity contribution < 1.29 is 9.53 Å². The molecule has 4 nitrogen and oxygen atoms in total. The zero-order valence-corrected chi connectivity index (χ0v) is 12.6. The SMILES string of the molecule is CCOc1ccc(C(=O)Nc2ccc(Br)cc2)cc1N. The molecule has 104 valence electrons. The Morgan fingerprint density at radius 1 is 1.25 bits per heavy atom. The Bertz CT molecular complexity index is 612. The number of ether oxygens (including phenoxy) is 1. The number of nitrogens with two attached hydrogens (primary N) is 1. The Balaban J connectivity index is 2.13. The monoisotopic (exact) mass is 334 g/mol. The number of rotatable bonds is 4. The van der Waals surface area contributed by atoms with E-state index in [9.17, 15) is 4.79 Å². The number of hydrogen-bond acceptors (Lipinski definition) is 3. The Kier molecular flexibility index (Phi) is 4.63. The van der Waals surface area contributed by atoms with E-state index in [1.165, 1.54) is 0 Å². The maximum absolute atomic E-state index is 12.1. The summed E-state index contributed by atoms with van der Waals surface area (Å²) in [6.45, 7) is 2.42. The molecule has 3 N–H and O–H groups in total. The Morgan fingerprint density at radius 2 is 1.95 bits per heavy atom. The van der Waals surface area contributed by atoms with Gasteiger partial charge in [0.25, 0.3) is 5.91 Å². The van der Waals surface area contributed by atoms with E-state index in [1.54, 1.807) is 18.2 Å². The number of benzene rings is 2. The van der Waals surface area contributed by atoms with Crippen LogP contribution in [0.15, 0.2) is 46.9 Å². The van der Waals surface area contributed by atoms with Gasteiger partial charge in [0.2, 0.25) is 0 Å². The molecule has 0 fully saturated rings. The molecule has 0 aliphatic heterocycles. The first kappa shape index (κ1) is 14.4. The average molecular weight is 335 g/mol. The molecule has 0 heterocycles. The highest BCUT2D eigenvalue weighted by Gasteiger charge is 2.09. The van der Waals surface area contributed by atoms with Crippen molar-refractivity contribution in [3.8, 4) is 5.75 Å². The summed E-state index contributed by atoms with van der Waals surface area (Å²) < 4.78 is 6.30. The van der Waals surface area contributed by atoms with Crippen LogP contribution in [0.1, 0.15) is 17.3 Å². The van der Waals surface area contributed by atoms with Crippen molar-refractivity contribution in [2.24, 2.45) is 0 Å². The second-order valence-corrected chi connectivity index (χ2v) is 5.06. The Morgan fingerprint density at radius 3 is 2.55 bits per heavy atom. The maximum atomic E-state index is 12.1. The molecule has 0 aliphatic carbocycles. The van der Waals surface area contributed by atoms with Gasteiger partial charge < -0.3 is 15.8 Å². The van der Waals surface area contributed by atoms with Gasteiger partial charge >= 0.3 is 0 Å². The van der Waals surface area contributed by atoms with Gasteiger partial charge in [0.1, 0.15) is 5.75 Å². The van der Waals surface area contributed by atoms with Crippen molar-refractivity contribution in [1.82, 2.24) is 0 Å². The molecule has 5 heteroatoms. The Labute approximate surface area is 126 Å². The van der Waals surface area contributed by atoms with Crippen LogP contribution in [0.4, 0.5) is 11.4 Å². The van der Waals surface area contributed by atoms with Crippen LogP contribution in [0, 0.1) is 0 Å². The minimum Gasteiger partial charge on any atom is -0.492 e. The summed E-state index contributed by atoms with van der Waals surface area (Å²) in [5, 5.41) is 2.81. The minimum absolute atomic E-state index is 0.206. The smallest absolute Gasteiger partial charge is 0.255 e. The third-order valence-corrected chi connectivity index (χ3v) is 3.20. The van der Waals surface area contributed by atoms with E-state index in [0.29, 0.717) is 23.6 Å². The maximum Gasteiger partial charge on any atom is 0.255 e. The molecular weight excluding hydrogens is 320 g/mol. The summed E-state index contributed by atoms with van der Waals surface area (Å²) in [6.07, 6.45) is 0. The highest BCUT2D eigenvalue weighted by molar-refractivity contribution is 9.10. The van der Waals surface area contributed by atoms with Gasteiger partial charge in [-0.25, -0.2) is 0 Å². The predicted molar refractivity (Wildman–Crippen MR) is 84.1 cm³/mol. The average Bonchev–Trinajstić information content (AvgIpc) is 2.44. The van der Waals surface area contributed by atoms with Gasteiger partial charge in [0.05, 0.1) is 12.3 Å². The number of nitrogen functional groups attached to an aromatic ring is 1. The fourth-order valence-electron chi connectivity index (χ4n) is 1.71.